The van der Waals surface area contributed by atoms with E-state index in [9.17, 15) is 9.59 Å². The summed E-state index contributed by atoms with van der Waals surface area (Å²) in [6, 6.07) is 16.1. The van der Waals surface area contributed by atoms with Crippen molar-refractivity contribution in [1.29, 1.82) is 5.26 Å². The van der Waals surface area contributed by atoms with Gasteiger partial charge in [0.25, 0.3) is 5.91 Å². The molecule has 0 saturated heterocycles. The van der Waals surface area contributed by atoms with Gasteiger partial charge in [0.15, 0.2) is 6.10 Å². The van der Waals surface area contributed by atoms with Gasteiger partial charge >= 0.3 is 5.97 Å². The molecule has 6 heteroatoms. The highest BCUT2D eigenvalue weighted by atomic mass is 16.5. The Balaban J connectivity index is 1.56. The van der Waals surface area contributed by atoms with Crippen LogP contribution >= 0.6 is 0 Å². The zero-order valence-electron chi connectivity index (χ0n) is 15.9. The molecule has 1 aliphatic carbocycles. The molecule has 1 atom stereocenters. The number of benzene rings is 2. The number of carbonyl (C=O) groups excluding carboxylic acids is 2. The van der Waals surface area contributed by atoms with E-state index in [1.807, 2.05) is 30.3 Å². The van der Waals surface area contributed by atoms with Crippen LogP contribution in [0.5, 0.6) is 0 Å². The van der Waals surface area contributed by atoms with Gasteiger partial charge in [-0.2, -0.15) is 5.26 Å². The number of anilines is 1. The number of para-hydroxylation sites is 1. The maximum absolute atomic E-state index is 13.0. The number of ether oxygens (including phenoxy) is 1. The molecular weight excluding hydrogens is 366 g/mol. The Hall–Kier alpha value is -3.72. The van der Waals surface area contributed by atoms with Crippen molar-refractivity contribution in [3.05, 3.63) is 70.9 Å². The molecule has 0 saturated carbocycles. The van der Waals surface area contributed by atoms with Crippen LogP contribution in [-0.4, -0.2) is 23.0 Å². The summed E-state index contributed by atoms with van der Waals surface area (Å²) in [6.07, 6.45) is 1.58. The Morgan fingerprint density at radius 1 is 1.17 bits per heavy atom. The number of esters is 1. The second-order valence-electron chi connectivity index (χ2n) is 7.01. The number of carbonyl (C=O) groups is 2. The Morgan fingerprint density at radius 2 is 2.00 bits per heavy atom. The molecule has 0 radical (unpaired) electrons. The van der Waals surface area contributed by atoms with Crippen LogP contribution in [0.25, 0.3) is 10.9 Å². The smallest absolute Gasteiger partial charge is 0.339 e. The van der Waals surface area contributed by atoms with Gasteiger partial charge in [-0.15, -0.1) is 0 Å². The number of amides is 1. The SMILES string of the molecule is C[C@H](OC(=O)c1c2c(nc3ccccc13)CCC2)C(=O)Nc1cccc(C#N)c1. The molecule has 6 nitrogen and oxygen atoms in total. The minimum Gasteiger partial charge on any atom is -0.449 e. The first-order valence-electron chi connectivity index (χ1n) is 9.49. The quantitative estimate of drug-likeness (QED) is 0.690. The number of hydrogen-bond acceptors (Lipinski definition) is 5. The van der Waals surface area contributed by atoms with Gasteiger partial charge in [-0.1, -0.05) is 24.3 Å². The normalized spacial score (nSPS) is 13.4. The zero-order chi connectivity index (χ0) is 20.4. The third kappa shape index (κ3) is 3.67. The molecule has 4 rings (SSSR count). The van der Waals surface area contributed by atoms with E-state index in [1.54, 1.807) is 24.3 Å². The highest BCUT2D eigenvalue weighted by molar-refractivity contribution is 6.06. The number of nitriles is 1. The summed E-state index contributed by atoms with van der Waals surface area (Å²) in [4.78, 5) is 30.2. The minimum atomic E-state index is -0.989. The van der Waals surface area contributed by atoms with Crippen molar-refractivity contribution in [2.45, 2.75) is 32.3 Å². The first-order valence-corrected chi connectivity index (χ1v) is 9.49. The minimum absolute atomic E-state index is 0.436. The molecule has 0 spiro atoms. The summed E-state index contributed by atoms with van der Waals surface area (Å²) in [7, 11) is 0. The molecule has 1 heterocycles. The van der Waals surface area contributed by atoms with Crippen LogP contribution in [0.15, 0.2) is 48.5 Å². The summed E-state index contributed by atoms with van der Waals surface area (Å²) >= 11 is 0. The fourth-order valence-corrected chi connectivity index (χ4v) is 3.63. The topological polar surface area (TPSA) is 92.1 Å². The van der Waals surface area contributed by atoms with Gasteiger partial charge < -0.3 is 10.1 Å². The molecule has 144 valence electrons. The van der Waals surface area contributed by atoms with E-state index in [1.165, 1.54) is 6.92 Å². The van der Waals surface area contributed by atoms with Crippen molar-refractivity contribution >= 4 is 28.5 Å². The van der Waals surface area contributed by atoms with E-state index in [0.29, 0.717) is 16.8 Å². The van der Waals surface area contributed by atoms with Crippen LogP contribution in [0.4, 0.5) is 5.69 Å². The van der Waals surface area contributed by atoms with Gasteiger partial charge in [0.2, 0.25) is 0 Å². The van der Waals surface area contributed by atoms with E-state index in [-0.39, 0.29) is 0 Å². The van der Waals surface area contributed by atoms with Crippen LogP contribution in [-0.2, 0) is 22.4 Å². The van der Waals surface area contributed by atoms with E-state index in [4.69, 9.17) is 10.00 Å². The Bertz CT molecular complexity index is 1160. The number of pyridine rings is 1. The molecule has 1 N–H and O–H groups in total. The predicted molar refractivity (Wildman–Crippen MR) is 108 cm³/mol. The van der Waals surface area contributed by atoms with Gasteiger partial charge in [0.05, 0.1) is 22.7 Å². The highest BCUT2D eigenvalue weighted by Gasteiger charge is 2.27. The largest absolute Gasteiger partial charge is 0.449 e. The number of nitrogens with zero attached hydrogens (tertiary/aromatic N) is 2. The Labute approximate surface area is 168 Å². The van der Waals surface area contributed by atoms with Crippen molar-refractivity contribution in [1.82, 2.24) is 4.98 Å². The van der Waals surface area contributed by atoms with E-state index < -0.39 is 18.0 Å². The average Bonchev–Trinajstić information content (AvgIpc) is 3.19. The number of rotatable bonds is 4. The second-order valence-corrected chi connectivity index (χ2v) is 7.01. The zero-order valence-corrected chi connectivity index (χ0v) is 15.9. The molecule has 1 aliphatic rings. The van der Waals surface area contributed by atoms with Crippen LogP contribution in [0.3, 0.4) is 0 Å². The van der Waals surface area contributed by atoms with Crippen LogP contribution in [0.2, 0.25) is 0 Å². The first kappa shape index (κ1) is 18.6. The maximum Gasteiger partial charge on any atom is 0.339 e. The van der Waals surface area contributed by atoms with Crippen molar-refractivity contribution in [2.24, 2.45) is 0 Å². The molecule has 0 fully saturated rings. The van der Waals surface area contributed by atoms with Gasteiger partial charge in [-0.05, 0) is 56.0 Å². The van der Waals surface area contributed by atoms with E-state index in [0.717, 1.165) is 41.4 Å². The summed E-state index contributed by atoms with van der Waals surface area (Å²) in [5.41, 5.74) is 4.03. The van der Waals surface area contributed by atoms with Crippen molar-refractivity contribution in [3.63, 3.8) is 0 Å². The molecular formula is C23H19N3O3. The molecule has 0 aliphatic heterocycles. The van der Waals surface area contributed by atoms with Crippen LogP contribution in [0.1, 0.15) is 40.5 Å². The Kier molecular flexibility index (Phi) is 4.96. The predicted octanol–water partition coefficient (Wildman–Crippen LogP) is 3.78. The number of fused-ring (bicyclic) bond motifs is 2. The summed E-state index contributed by atoms with van der Waals surface area (Å²) < 4.78 is 5.52. The molecule has 1 amide bonds. The summed E-state index contributed by atoms with van der Waals surface area (Å²) in [6.45, 7) is 1.53. The number of nitrogens with one attached hydrogen (secondary N) is 1. The highest BCUT2D eigenvalue weighted by Crippen LogP contribution is 2.30. The lowest BCUT2D eigenvalue weighted by Gasteiger charge is -2.16. The Morgan fingerprint density at radius 3 is 2.83 bits per heavy atom. The molecule has 0 bridgehead atoms. The van der Waals surface area contributed by atoms with Crippen molar-refractivity contribution in [3.8, 4) is 6.07 Å². The second kappa shape index (κ2) is 7.72. The maximum atomic E-state index is 13.0. The summed E-state index contributed by atoms with van der Waals surface area (Å²) in [5.74, 6) is -0.973. The molecule has 0 unspecified atom stereocenters. The summed E-state index contributed by atoms with van der Waals surface area (Å²) in [5, 5.41) is 12.4. The van der Waals surface area contributed by atoms with Gasteiger partial charge in [-0.3, -0.25) is 9.78 Å². The van der Waals surface area contributed by atoms with Crippen LogP contribution < -0.4 is 5.32 Å². The van der Waals surface area contributed by atoms with Crippen molar-refractivity contribution < 1.29 is 14.3 Å². The number of aryl methyl sites for hydroxylation is 1. The molecule has 1 aromatic heterocycles. The van der Waals surface area contributed by atoms with Gasteiger partial charge in [0, 0.05) is 16.8 Å². The fraction of sp³-hybridized carbons (Fsp3) is 0.217. The lowest BCUT2D eigenvalue weighted by atomic mass is 10.0. The fourth-order valence-electron chi connectivity index (χ4n) is 3.63. The first-order chi connectivity index (χ1) is 14.1. The van der Waals surface area contributed by atoms with Gasteiger partial charge in [0.1, 0.15) is 0 Å². The van der Waals surface area contributed by atoms with Crippen LogP contribution in [0, 0.1) is 11.3 Å². The molecule has 3 aromatic rings. The molecule has 29 heavy (non-hydrogen) atoms. The lowest BCUT2D eigenvalue weighted by molar-refractivity contribution is -0.123. The average molecular weight is 385 g/mol. The third-order valence-electron chi connectivity index (χ3n) is 5.04. The third-order valence-corrected chi connectivity index (χ3v) is 5.04. The van der Waals surface area contributed by atoms with E-state index in [2.05, 4.69) is 10.3 Å². The number of aromatic nitrogens is 1. The standard InChI is InChI=1S/C23H19N3O3/c1-14(22(27)25-16-7-4-6-15(12-16)13-24)29-23(28)21-17-8-2-3-10-19(17)26-20-11-5-9-18(20)21/h2-4,6-8,10,12,14H,5,9,11H2,1H3,(H,25,27)/t14-/m0/s1. The number of hydrogen-bond donors (Lipinski definition) is 1. The van der Waals surface area contributed by atoms with Crippen molar-refractivity contribution in [2.75, 3.05) is 5.32 Å². The molecule has 2 aromatic carbocycles. The monoisotopic (exact) mass is 385 g/mol. The van der Waals surface area contributed by atoms with E-state index >= 15 is 0 Å². The lowest BCUT2D eigenvalue weighted by Crippen LogP contribution is -2.30. The van der Waals surface area contributed by atoms with Gasteiger partial charge in [-0.25, -0.2) is 4.79 Å².